The zero-order valence-electron chi connectivity index (χ0n) is 12.6. The van der Waals surface area contributed by atoms with Gasteiger partial charge in [-0.05, 0) is 42.0 Å². The third-order valence-electron chi connectivity index (χ3n) is 2.77. The second kappa shape index (κ2) is 8.59. The minimum atomic E-state index is -1.27. The fourth-order valence-corrected chi connectivity index (χ4v) is 1.57. The number of carboxylic acid groups (broad SMARTS) is 2. The van der Waals surface area contributed by atoms with E-state index in [4.69, 9.17) is 30.8 Å². The lowest BCUT2D eigenvalue weighted by Crippen LogP contribution is -1.97. The van der Waals surface area contributed by atoms with Crippen LogP contribution in [0.15, 0.2) is 48.0 Å². The monoisotopic (exact) mass is 343 g/mol. The maximum Gasteiger partial charge on any atom is 0.346 e. The molecule has 128 valence electrons. The van der Waals surface area contributed by atoms with Crippen molar-refractivity contribution in [2.75, 3.05) is 0 Å². The molecular weight excluding hydrogens is 330 g/mol. The van der Waals surface area contributed by atoms with Gasteiger partial charge in [-0.3, -0.25) is 0 Å². The molecule has 0 aromatic heterocycles. The first-order valence-electron chi connectivity index (χ1n) is 6.64. The second-order valence-corrected chi connectivity index (χ2v) is 4.57. The second-order valence-electron chi connectivity index (χ2n) is 4.57. The first kappa shape index (κ1) is 19.1. The minimum Gasteiger partial charge on any atom is -0.508 e. The van der Waals surface area contributed by atoms with Gasteiger partial charge in [0.1, 0.15) is 34.5 Å². The molecule has 0 saturated heterocycles. The van der Waals surface area contributed by atoms with Crippen molar-refractivity contribution in [3.05, 3.63) is 59.2 Å². The summed E-state index contributed by atoms with van der Waals surface area (Å²) >= 11 is 0. The van der Waals surface area contributed by atoms with Gasteiger partial charge in [-0.15, -0.1) is 0 Å². The highest BCUT2D eigenvalue weighted by Gasteiger charge is 2.09. The summed E-state index contributed by atoms with van der Waals surface area (Å²) in [6.45, 7) is 0. The number of phenols is 3. The molecule has 0 amide bonds. The van der Waals surface area contributed by atoms with Crippen LogP contribution < -0.4 is 0 Å². The molecule has 25 heavy (non-hydrogen) atoms. The SMILES string of the molecule is N#CC(=Cc1ccc(O)cc1)C(=O)O.O=C(O)c1cc(O)ccc1O. The van der Waals surface area contributed by atoms with Crippen LogP contribution in [0.1, 0.15) is 15.9 Å². The van der Waals surface area contributed by atoms with Gasteiger partial charge >= 0.3 is 11.9 Å². The Kier molecular flexibility index (Phi) is 6.55. The number of nitrogens with zero attached hydrogens (tertiary/aromatic N) is 1. The zero-order valence-corrected chi connectivity index (χ0v) is 12.6. The maximum absolute atomic E-state index is 10.5. The van der Waals surface area contributed by atoms with Crippen molar-refractivity contribution in [1.29, 1.82) is 5.26 Å². The van der Waals surface area contributed by atoms with Gasteiger partial charge in [0, 0.05) is 0 Å². The Hall–Kier alpha value is -3.99. The summed E-state index contributed by atoms with van der Waals surface area (Å²) in [6, 6.07) is 10.8. The molecule has 0 radical (unpaired) electrons. The van der Waals surface area contributed by atoms with Crippen LogP contribution in [0.4, 0.5) is 0 Å². The van der Waals surface area contributed by atoms with Crippen molar-refractivity contribution in [3.63, 3.8) is 0 Å². The maximum atomic E-state index is 10.5. The van der Waals surface area contributed by atoms with Crippen molar-refractivity contribution in [2.24, 2.45) is 0 Å². The molecule has 2 aromatic carbocycles. The third kappa shape index (κ3) is 5.96. The smallest absolute Gasteiger partial charge is 0.346 e. The molecular formula is C17H13NO7. The van der Waals surface area contributed by atoms with Crippen LogP contribution in [-0.4, -0.2) is 37.5 Å². The number of phenolic OH excluding ortho intramolecular Hbond substituents is 2. The molecule has 0 unspecified atom stereocenters. The minimum absolute atomic E-state index is 0.0935. The average Bonchev–Trinajstić information content (AvgIpc) is 2.56. The number of hydrogen-bond acceptors (Lipinski definition) is 6. The van der Waals surface area contributed by atoms with Crippen molar-refractivity contribution in [2.45, 2.75) is 0 Å². The van der Waals surface area contributed by atoms with Gasteiger partial charge in [-0.1, -0.05) is 12.1 Å². The lowest BCUT2D eigenvalue weighted by molar-refractivity contribution is -0.132. The van der Waals surface area contributed by atoms with Crippen LogP contribution in [0.3, 0.4) is 0 Å². The van der Waals surface area contributed by atoms with Crippen LogP contribution >= 0.6 is 0 Å². The first-order chi connectivity index (χ1) is 11.7. The Morgan fingerprint density at radius 1 is 0.920 bits per heavy atom. The molecule has 0 atom stereocenters. The Morgan fingerprint density at radius 3 is 1.92 bits per heavy atom. The molecule has 8 heteroatoms. The topological polar surface area (TPSA) is 159 Å². The number of aromatic carboxylic acids is 1. The van der Waals surface area contributed by atoms with Crippen molar-refractivity contribution in [1.82, 2.24) is 0 Å². The van der Waals surface area contributed by atoms with Crippen LogP contribution in [0, 0.1) is 11.3 Å². The molecule has 5 N–H and O–H groups in total. The summed E-state index contributed by atoms with van der Waals surface area (Å²) in [6.07, 6.45) is 1.24. The number of carbonyl (C=O) groups is 2. The molecule has 0 aliphatic heterocycles. The van der Waals surface area contributed by atoms with E-state index in [0.29, 0.717) is 5.56 Å². The predicted octanol–water partition coefficient (Wildman–Crippen LogP) is 2.18. The summed E-state index contributed by atoms with van der Waals surface area (Å²) in [5.41, 5.74) is -0.0811. The van der Waals surface area contributed by atoms with Crippen LogP contribution in [0.2, 0.25) is 0 Å². The number of nitriles is 1. The normalized spacial score (nSPS) is 10.1. The third-order valence-corrected chi connectivity index (χ3v) is 2.77. The number of rotatable bonds is 3. The van der Waals surface area contributed by atoms with Crippen LogP contribution in [-0.2, 0) is 4.79 Å². The fourth-order valence-electron chi connectivity index (χ4n) is 1.57. The van der Waals surface area contributed by atoms with Gasteiger partial charge < -0.3 is 25.5 Å². The van der Waals surface area contributed by atoms with Crippen LogP contribution in [0.25, 0.3) is 6.08 Å². The standard InChI is InChI=1S/C10H7NO3.C7H6O4/c11-6-8(10(13)14)5-7-1-3-9(12)4-2-7;8-4-1-2-6(9)5(3-4)7(10)11/h1-5,12H,(H,13,14);1-3,8-9H,(H,10,11). The highest BCUT2D eigenvalue weighted by atomic mass is 16.4. The summed E-state index contributed by atoms with van der Waals surface area (Å²) < 4.78 is 0. The summed E-state index contributed by atoms with van der Waals surface area (Å²) in [7, 11) is 0. The Bertz CT molecular complexity index is 848. The molecule has 2 rings (SSSR count). The van der Waals surface area contributed by atoms with Crippen molar-refractivity contribution in [3.8, 4) is 23.3 Å². The highest BCUT2D eigenvalue weighted by Crippen LogP contribution is 2.21. The highest BCUT2D eigenvalue weighted by molar-refractivity contribution is 5.96. The van der Waals surface area contributed by atoms with E-state index in [0.717, 1.165) is 12.1 Å². The molecule has 0 saturated carbocycles. The zero-order chi connectivity index (χ0) is 19.0. The Balaban J connectivity index is 0.000000257. The first-order valence-corrected chi connectivity index (χ1v) is 6.64. The van der Waals surface area contributed by atoms with E-state index >= 15 is 0 Å². The van der Waals surface area contributed by atoms with Gasteiger partial charge in [0.05, 0.1) is 0 Å². The Morgan fingerprint density at radius 2 is 1.48 bits per heavy atom. The Labute approximate surface area is 141 Å². The van der Waals surface area contributed by atoms with Crippen LogP contribution in [0.5, 0.6) is 17.2 Å². The van der Waals surface area contributed by atoms with E-state index in [1.165, 1.54) is 36.4 Å². The van der Waals surface area contributed by atoms with Crippen molar-refractivity contribution >= 4 is 18.0 Å². The lowest BCUT2D eigenvalue weighted by atomic mass is 10.1. The van der Waals surface area contributed by atoms with Gasteiger partial charge in [0.2, 0.25) is 0 Å². The molecule has 0 spiro atoms. The molecule has 8 nitrogen and oxygen atoms in total. The van der Waals surface area contributed by atoms with E-state index in [-0.39, 0.29) is 28.4 Å². The molecule has 0 aliphatic rings. The lowest BCUT2D eigenvalue weighted by Gasteiger charge is -1.98. The predicted molar refractivity (Wildman–Crippen MR) is 86.1 cm³/mol. The summed E-state index contributed by atoms with van der Waals surface area (Å²) in [4.78, 5) is 20.8. The fraction of sp³-hybridized carbons (Fsp3) is 0. The summed E-state index contributed by atoms with van der Waals surface area (Å²) in [5, 5.41) is 52.1. The number of aliphatic carboxylic acids is 1. The van der Waals surface area contributed by atoms with E-state index in [1.54, 1.807) is 6.07 Å². The van der Waals surface area contributed by atoms with E-state index in [9.17, 15) is 9.59 Å². The quantitative estimate of drug-likeness (QED) is 0.322. The van der Waals surface area contributed by atoms with Gasteiger partial charge in [0.25, 0.3) is 0 Å². The molecule has 0 heterocycles. The van der Waals surface area contributed by atoms with Gasteiger partial charge in [-0.25, -0.2) is 9.59 Å². The molecule has 2 aromatic rings. The average molecular weight is 343 g/mol. The van der Waals surface area contributed by atoms with Gasteiger partial charge in [0.15, 0.2) is 0 Å². The van der Waals surface area contributed by atoms with E-state index < -0.39 is 11.9 Å². The van der Waals surface area contributed by atoms with Crippen molar-refractivity contribution < 1.29 is 35.1 Å². The summed E-state index contributed by atoms with van der Waals surface area (Å²) in [5.74, 6) is -2.97. The van der Waals surface area contributed by atoms with Gasteiger partial charge in [-0.2, -0.15) is 5.26 Å². The van der Waals surface area contributed by atoms with E-state index in [2.05, 4.69) is 0 Å². The largest absolute Gasteiger partial charge is 0.508 e. The molecule has 0 fully saturated rings. The van der Waals surface area contributed by atoms with E-state index in [1.807, 2.05) is 0 Å². The number of hydrogen-bond donors (Lipinski definition) is 5. The number of aromatic hydroxyl groups is 3. The number of carboxylic acids is 2. The molecule has 0 aliphatic carbocycles. The number of benzene rings is 2. The molecule has 0 bridgehead atoms.